The van der Waals surface area contributed by atoms with Crippen LogP contribution in [0.2, 0.25) is 0 Å². The zero-order valence-corrected chi connectivity index (χ0v) is 14.8. The number of benzene rings is 2. The smallest absolute Gasteiger partial charge is 0.147 e. The summed E-state index contributed by atoms with van der Waals surface area (Å²) >= 11 is 1.59. The van der Waals surface area contributed by atoms with Crippen molar-refractivity contribution in [1.82, 2.24) is 10.2 Å². The summed E-state index contributed by atoms with van der Waals surface area (Å²) in [5.74, 6) is -0.186. The van der Waals surface area contributed by atoms with Gasteiger partial charge in [0.1, 0.15) is 5.82 Å². The van der Waals surface area contributed by atoms with E-state index in [1.807, 2.05) is 22.5 Å². The van der Waals surface area contributed by atoms with Crippen molar-refractivity contribution in [3.63, 3.8) is 0 Å². The second kappa shape index (κ2) is 6.20. The molecule has 0 amide bonds. The highest BCUT2D eigenvalue weighted by molar-refractivity contribution is 8.02. The van der Waals surface area contributed by atoms with Crippen LogP contribution in [0.1, 0.15) is 6.42 Å². The minimum atomic E-state index is -0.186. The maximum absolute atomic E-state index is 14.3. The molecule has 2 atom stereocenters. The Hall–Kier alpha value is -1.76. The number of rotatable bonds is 4. The van der Waals surface area contributed by atoms with Crippen molar-refractivity contribution in [2.75, 3.05) is 34.8 Å². The average Bonchev–Trinajstić information content (AvgIpc) is 3.35. The van der Waals surface area contributed by atoms with Gasteiger partial charge in [0.15, 0.2) is 0 Å². The highest BCUT2D eigenvalue weighted by atomic mass is 32.2. The summed E-state index contributed by atoms with van der Waals surface area (Å²) in [5.41, 5.74) is 2.84. The molecule has 2 bridgehead atoms. The van der Waals surface area contributed by atoms with Gasteiger partial charge in [-0.05, 0) is 30.7 Å². The molecular weight excluding hydrogens is 335 g/mol. The second-order valence-corrected chi connectivity index (χ2v) is 7.88. The van der Waals surface area contributed by atoms with Crippen LogP contribution in [0.25, 0.3) is 0 Å². The molecule has 2 aromatic carbocycles. The summed E-state index contributed by atoms with van der Waals surface area (Å²) in [6.45, 7) is 4.27. The van der Waals surface area contributed by atoms with Crippen molar-refractivity contribution in [2.45, 2.75) is 18.5 Å². The SMILES string of the molecule is Fc1ccccc1N1SN(CCN2CC3CC2CN3)c2ccccc21. The summed E-state index contributed by atoms with van der Waals surface area (Å²) in [5, 5.41) is 3.55. The number of nitrogens with zero attached hydrogens (tertiary/aromatic N) is 3. The molecule has 5 rings (SSSR count). The van der Waals surface area contributed by atoms with Crippen LogP contribution >= 0.6 is 12.1 Å². The van der Waals surface area contributed by atoms with E-state index in [4.69, 9.17) is 0 Å². The van der Waals surface area contributed by atoms with E-state index in [1.165, 1.54) is 18.2 Å². The molecule has 6 heteroatoms. The fourth-order valence-corrected chi connectivity index (χ4v) is 5.21. The molecule has 2 fully saturated rings. The normalized spacial score (nSPS) is 25.0. The number of likely N-dealkylation sites (tertiary alicyclic amines) is 1. The average molecular weight is 356 g/mol. The number of fused-ring (bicyclic) bond motifs is 3. The Bertz CT molecular complexity index is 786. The maximum atomic E-state index is 14.3. The Labute approximate surface area is 151 Å². The maximum Gasteiger partial charge on any atom is 0.147 e. The van der Waals surface area contributed by atoms with Crippen molar-refractivity contribution in [3.05, 3.63) is 54.3 Å². The summed E-state index contributed by atoms with van der Waals surface area (Å²) in [7, 11) is 0. The lowest BCUT2D eigenvalue weighted by Gasteiger charge is -2.29. The van der Waals surface area contributed by atoms with E-state index in [2.05, 4.69) is 32.7 Å². The van der Waals surface area contributed by atoms with Crippen molar-refractivity contribution in [1.29, 1.82) is 0 Å². The zero-order chi connectivity index (χ0) is 16.8. The first kappa shape index (κ1) is 15.5. The van der Waals surface area contributed by atoms with Gasteiger partial charge in [-0.3, -0.25) is 13.5 Å². The van der Waals surface area contributed by atoms with Gasteiger partial charge in [0.2, 0.25) is 0 Å². The third-order valence-electron chi connectivity index (χ3n) is 5.38. The Morgan fingerprint density at radius 1 is 1.00 bits per heavy atom. The molecule has 2 unspecified atom stereocenters. The van der Waals surface area contributed by atoms with Crippen LogP contribution in [0.3, 0.4) is 0 Å². The first-order valence-corrected chi connectivity index (χ1v) is 9.59. The number of nitrogens with one attached hydrogen (secondary N) is 1. The predicted molar refractivity (Wildman–Crippen MR) is 102 cm³/mol. The first-order valence-electron chi connectivity index (χ1n) is 8.86. The molecule has 130 valence electrons. The van der Waals surface area contributed by atoms with Gasteiger partial charge < -0.3 is 5.32 Å². The third kappa shape index (κ3) is 2.69. The minimum Gasteiger partial charge on any atom is -0.311 e. The highest BCUT2D eigenvalue weighted by Crippen LogP contribution is 2.49. The van der Waals surface area contributed by atoms with Crippen molar-refractivity contribution in [3.8, 4) is 0 Å². The predicted octanol–water partition coefficient (Wildman–Crippen LogP) is 3.39. The molecule has 4 nitrogen and oxygen atoms in total. The lowest BCUT2D eigenvalue weighted by atomic mass is 10.2. The van der Waals surface area contributed by atoms with E-state index in [9.17, 15) is 4.39 Å². The molecule has 3 aliphatic heterocycles. The number of anilines is 3. The van der Waals surface area contributed by atoms with Crippen LogP contribution in [0, 0.1) is 5.82 Å². The molecule has 0 aliphatic carbocycles. The summed E-state index contributed by atoms with van der Waals surface area (Å²) in [6.07, 6.45) is 1.28. The largest absolute Gasteiger partial charge is 0.311 e. The van der Waals surface area contributed by atoms with Crippen LogP contribution in [0.4, 0.5) is 21.5 Å². The van der Waals surface area contributed by atoms with Crippen molar-refractivity contribution in [2.24, 2.45) is 0 Å². The summed E-state index contributed by atoms with van der Waals surface area (Å²) < 4.78 is 18.6. The summed E-state index contributed by atoms with van der Waals surface area (Å²) in [4.78, 5) is 2.59. The number of hydrogen-bond acceptors (Lipinski definition) is 5. The topological polar surface area (TPSA) is 21.8 Å². The monoisotopic (exact) mass is 356 g/mol. The van der Waals surface area contributed by atoms with Crippen LogP contribution in [-0.4, -0.2) is 43.2 Å². The molecule has 1 N–H and O–H groups in total. The quantitative estimate of drug-likeness (QED) is 0.846. The van der Waals surface area contributed by atoms with Crippen molar-refractivity contribution >= 4 is 29.2 Å². The van der Waals surface area contributed by atoms with Gasteiger partial charge in [-0.2, -0.15) is 0 Å². The van der Waals surface area contributed by atoms with Crippen LogP contribution in [-0.2, 0) is 0 Å². The Morgan fingerprint density at radius 3 is 2.48 bits per heavy atom. The number of para-hydroxylation sites is 3. The molecule has 2 saturated heterocycles. The Kier molecular flexibility index (Phi) is 3.84. The van der Waals surface area contributed by atoms with Gasteiger partial charge in [0, 0.05) is 38.3 Å². The molecular formula is C19H21FN4S. The molecule has 2 aromatic rings. The highest BCUT2D eigenvalue weighted by Gasteiger charge is 2.38. The molecule has 0 radical (unpaired) electrons. The molecule has 25 heavy (non-hydrogen) atoms. The number of hydrogen-bond donors (Lipinski definition) is 1. The lowest BCUT2D eigenvalue weighted by molar-refractivity contribution is 0.233. The van der Waals surface area contributed by atoms with Crippen molar-refractivity contribution < 1.29 is 4.39 Å². The molecule has 0 saturated carbocycles. The van der Waals surface area contributed by atoms with Crippen LogP contribution in [0.5, 0.6) is 0 Å². The Balaban J connectivity index is 1.36. The Morgan fingerprint density at radius 2 is 1.76 bits per heavy atom. The molecule has 0 aromatic heterocycles. The van der Waals surface area contributed by atoms with Gasteiger partial charge in [-0.15, -0.1) is 0 Å². The van der Waals surface area contributed by atoms with Gasteiger partial charge in [-0.1, -0.05) is 24.3 Å². The van der Waals surface area contributed by atoms with Gasteiger partial charge in [0.05, 0.1) is 29.2 Å². The number of piperazine rings is 1. The fourth-order valence-electron chi connectivity index (χ4n) is 4.13. The van der Waals surface area contributed by atoms with Gasteiger partial charge in [0.25, 0.3) is 0 Å². The minimum absolute atomic E-state index is 0.186. The summed E-state index contributed by atoms with van der Waals surface area (Å²) in [6, 6.07) is 16.6. The van der Waals surface area contributed by atoms with E-state index in [-0.39, 0.29) is 5.82 Å². The van der Waals surface area contributed by atoms with Gasteiger partial charge in [-0.25, -0.2) is 4.39 Å². The van der Waals surface area contributed by atoms with E-state index >= 15 is 0 Å². The first-order chi connectivity index (χ1) is 12.3. The lowest BCUT2D eigenvalue weighted by Crippen LogP contribution is -2.45. The number of halogens is 1. The second-order valence-electron chi connectivity index (χ2n) is 6.91. The van der Waals surface area contributed by atoms with Crippen LogP contribution < -0.4 is 13.9 Å². The van der Waals surface area contributed by atoms with E-state index in [1.54, 1.807) is 18.2 Å². The molecule has 3 aliphatic rings. The molecule has 0 spiro atoms. The molecule has 3 heterocycles. The standard InChI is InChI=1S/C19H21FN4S/c20-16-5-1-2-6-17(16)24-19-8-4-3-7-18(19)23(25-24)10-9-22-13-14-11-15(22)12-21-14/h1-8,14-15,21H,9-13H2. The zero-order valence-electron chi connectivity index (χ0n) is 13.9. The van der Waals surface area contributed by atoms with Crippen LogP contribution in [0.15, 0.2) is 48.5 Å². The van der Waals surface area contributed by atoms with E-state index in [0.717, 1.165) is 31.9 Å². The van der Waals surface area contributed by atoms with E-state index in [0.29, 0.717) is 17.8 Å². The van der Waals surface area contributed by atoms with Gasteiger partial charge >= 0.3 is 0 Å². The third-order valence-corrected chi connectivity index (χ3v) is 6.51. The van der Waals surface area contributed by atoms with E-state index < -0.39 is 0 Å². The fraction of sp³-hybridized carbons (Fsp3) is 0.368.